The Morgan fingerprint density at radius 2 is 1.63 bits per heavy atom. The molecular formula is C13H20ClN5. The number of aromatic nitrogens is 3. The molecule has 19 heavy (non-hydrogen) atoms. The summed E-state index contributed by atoms with van der Waals surface area (Å²) in [5.41, 5.74) is 0.104. The zero-order chi connectivity index (χ0) is 13.5. The maximum atomic E-state index is 6.08. The molecule has 0 spiro atoms. The number of anilines is 2. The SMILES string of the molecule is CC1(C)CCCN1c1nc(Cl)nc(N2CCCC2)n1. The molecule has 104 valence electrons. The number of halogens is 1. The van der Waals surface area contributed by atoms with Crippen molar-refractivity contribution >= 4 is 23.5 Å². The Morgan fingerprint density at radius 3 is 2.26 bits per heavy atom. The van der Waals surface area contributed by atoms with Gasteiger partial charge in [-0.1, -0.05) is 0 Å². The summed E-state index contributed by atoms with van der Waals surface area (Å²) in [6, 6.07) is 0. The fourth-order valence-corrected chi connectivity index (χ4v) is 3.14. The molecular weight excluding hydrogens is 262 g/mol. The monoisotopic (exact) mass is 281 g/mol. The highest BCUT2D eigenvalue weighted by molar-refractivity contribution is 6.28. The van der Waals surface area contributed by atoms with E-state index in [0.29, 0.717) is 5.28 Å². The topological polar surface area (TPSA) is 45.2 Å². The third kappa shape index (κ3) is 2.48. The zero-order valence-corrected chi connectivity index (χ0v) is 12.3. The highest BCUT2D eigenvalue weighted by Crippen LogP contribution is 2.32. The first-order chi connectivity index (χ1) is 9.06. The summed E-state index contributed by atoms with van der Waals surface area (Å²) in [5, 5.41) is 0.301. The lowest BCUT2D eigenvalue weighted by molar-refractivity contribution is 0.509. The third-order valence-corrected chi connectivity index (χ3v) is 4.28. The van der Waals surface area contributed by atoms with Crippen molar-refractivity contribution in [1.29, 1.82) is 0 Å². The van der Waals surface area contributed by atoms with Gasteiger partial charge in [0, 0.05) is 25.2 Å². The molecule has 0 aromatic carbocycles. The van der Waals surface area contributed by atoms with Crippen molar-refractivity contribution in [3.63, 3.8) is 0 Å². The van der Waals surface area contributed by atoms with Gasteiger partial charge in [0.25, 0.3) is 0 Å². The molecule has 0 bridgehead atoms. The van der Waals surface area contributed by atoms with Gasteiger partial charge in [-0.05, 0) is 51.1 Å². The van der Waals surface area contributed by atoms with E-state index in [-0.39, 0.29) is 5.54 Å². The summed E-state index contributed by atoms with van der Waals surface area (Å²) in [4.78, 5) is 17.7. The average molecular weight is 282 g/mol. The first-order valence-corrected chi connectivity index (χ1v) is 7.38. The van der Waals surface area contributed by atoms with Crippen LogP contribution < -0.4 is 9.80 Å². The molecule has 2 aliphatic heterocycles. The molecule has 0 unspecified atom stereocenters. The van der Waals surface area contributed by atoms with Crippen LogP contribution in [0.5, 0.6) is 0 Å². The van der Waals surface area contributed by atoms with Crippen LogP contribution in [-0.4, -0.2) is 40.1 Å². The van der Waals surface area contributed by atoms with E-state index in [1.54, 1.807) is 0 Å². The molecule has 0 N–H and O–H groups in total. The van der Waals surface area contributed by atoms with Crippen molar-refractivity contribution in [1.82, 2.24) is 15.0 Å². The molecule has 0 atom stereocenters. The Morgan fingerprint density at radius 1 is 0.947 bits per heavy atom. The lowest BCUT2D eigenvalue weighted by Gasteiger charge is -2.32. The Kier molecular flexibility index (Phi) is 3.25. The fourth-order valence-electron chi connectivity index (χ4n) is 2.99. The Hall–Kier alpha value is -1.10. The van der Waals surface area contributed by atoms with Crippen LogP contribution in [0.3, 0.4) is 0 Å². The lowest BCUT2D eigenvalue weighted by Crippen LogP contribution is -2.39. The molecule has 2 saturated heterocycles. The van der Waals surface area contributed by atoms with Crippen molar-refractivity contribution in [2.75, 3.05) is 29.4 Å². The molecule has 0 saturated carbocycles. The molecule has 2 aliphatic rings. The highest BCUT2D eigenvalue weighted by atomic mass is 35.5. The first kappa shape index (κ1) is 12.9. The van der Waals surface area contributed by atoms with E-state index in [0.717, 1.165) is 38.0 Å². The molecule has 0 radical (unpaired) electrons. The van der Waals surface area contributed by atoms with Crippen LogP contribution in [0.2, 0.25) is 5.28 Å². The summed E-state index contributed by atoms with van der Waals surface area (Å²) < 4.78 is 0. The van der Waals surface area contributed by atoms with Crippen LogP contribution in [0.4, 0.5) is 11.9 Å². The lowest BCUT2D eigenvalue weighted by atomic mass is 10.0. The van der Waals surface area contributed by atoms with Gasteiger partial charge in [-0.3, -0.25) is 0 Å². The van der Waals surface area contributed by atoms with Crippen molar-refractivity contribution < 1.29 is 0 Å². The van der Waals surface area contributed by atoms with Crippen molar-refractivity contribution in [3.8, 4) is 0 Å². The van der Waals surface area contributed by atoms with Crippen LogP contribution >= 0.6 is 11.6 Å². The second-order valence-corrected chi connectivity index (χ2v) is 6.30. The van der Waals surface area contributed by atoms with Crippen LogP contribution in [0, 0.1) is 0 Å². The van der Waals surface area contributed by atoms with E-state index >= 15 is 0 Å². The Bertz CT molecular complexity index is 470. The maximum absolute atomic E-state index is 6.08. The summed E-state index contributed by atoms with van der Waals surface area (Å²) in [6.07, 6.45) is 4.74. The van der Waals surface area contributed by atoms with E-state index in [4.69, 9.17) is 11.6 Å². The standard InChI is InChI=1S/C13H20ClN5/c1-13(2)6-5-9-19(13)12-16-10(14)15-11(17-12)18-7-3-4-8-18/h3-9H2,1-2H3. The third-order valence-electron chi connectivity index (χ3n) is 4.12. The Balaban J connectivity index is 1.93. The second-order valence-electron chi connectivity index (χ2n) is 5.97. The summed E-state index contributed by atoms with van der Waals surface area (Å²) in [7, 11) is 0. The van der Waals surface area contributed by atoms with Gasteiger partial charge in [0.15, 0.2) is 0 Å². The molecule has 3 rings (SSSR count). The molecule has 1 aromatic heterocycles. The smallest absolute Gasteiger partial charge is 0.231 e. The normalized spacial score (nSPS) is 22.3. The molecule has 3 heterocycles. The van der Waals surface area contributed by atoms with Gasteiger partial charge < -0.3 is 9.80 Å². The first-order valence-electron chi connectivity index (χ1n) is 7.00. The van der Waals surface area contributed by atoms with Gasteiger partial charge >= 0.3 is 0 Å². The molecule has 1 aromatic rings. The summed E-state index contributed by atoms with van der Waals surface area (Å²) >= 11 is 6.08. The van der Waals surface area contributed by atoms with E-state index in [9.17, 15) is 0 Å². The van der Waals surface area contributed by atoms with Gasteiger partial charge in [0.1, 0.15) is 0 Å². The fraction of sp³-hybridized carbons (Fsp3) is 0.769. The number of nitrogens with zero attached hydrogens (tertiary/aromatic N) is 5. The minimum atomic E-state index is 0.104. The van der Waals surface area contributed by atoms with Crippen molar-refractivity contribution in [2.45, 2.75) is 45.1 Å². The van der Waals surface area contributed by atoms with Gasteiger partial charge in [0.2, 0.25) is 17.2 Å². The van der Waals surface area contributed by atoms with Gasteiger partial charge in [-0.15, -0.1) is 0 Å². The minimum Gasteiger partial charge on any atom is -0.341 e. The predicted octanol–water partition coefficient (Wildman–Crippen LogP) is 2.50. The number of hydrogen-bond acceptors (Lipinski definition) is 5. The van der Waals surface area contributed by atoms with Crippen LogP contribution in [0.15, 0.2) is 0 Å². The second kappa shape index (κ2) is 4.78. The highest BCUT2D eigenvalue weighted by Gasteiger charge is 2.34. The zero-order valence-electron chi connectivity index (χ0n) is 11.6. The van der Waals surface area contributed by atoms with Gasteiger partial charge in [-0.25, -0.2) is 0 Å². The number of hydrogen-bond donors (Lipinski definition) is 0. The van der Waals surface area contributed by atoms with E-state index in [1.165, 1.54) is 19.3 Å². The summed E-state index contributed by atoms with van der Waals surface area (Å²) in [5.74, 6) is 1.46. The average Bonchev–Trinajstić information content (AvgIpc) is 2.96. The van der Waals surface area contributed by atoms with E-state index in [2.05, 4.69) is 38.6 Å². The van der Waals surface area contributed by atoms with E-state index in [1.807, 2.05) is 0 Å². The van der Waals surface area contributed by atoms with E-state index < -0.39 is 0 Å². The minimum absolute atomic E-state index is 0.104. The predicted molar refractivity (Wildman–Crippen MR) is 76.9 cm³/mol. The van der Waals surface area contributed by atoms with Crippen LogP contribution in [-0.2, 0) is 0 Å². The maximum Gasteiger partial charge on any atom is 0.231 e. The molecule has 2 fully saturated rings. The molecule has 5 nitrogen and oxygen atoms in total. The number of rotatable bonds is 2. The van der Waals surface area contributed by atoms with Crippen molar-refractivity contribution in [2.24, 2.45) is 0 Å². The molecule has 0 aliphatic carbocycles. The van der Waals surface area contributed by atoms with Crippen molar-refractivity contribution in [3.05, 3.63) is 5.28 Å². The van der Waals surface area contributed by atoms with Gasteiger partial charge in [-0.2, -0.15) is 15.0 Å². The quantitative estimate of drug-likeness (QED) is 0.833. The van der Waals surface area contributed by atoms with Crippen LogP contribution in [0.1, 0.15) is 39.5 Å². The molecule has 0 amide bonds. The Labute approximate surface area is 119 Å². The van der Waals surface area contributed by atoms with Gasteiger partial charge in [0.05, 0.1) is 0 Å². The largest absolute Gasteiger partial charge is 0.341 e. The molecule has 6 heteroatoms. The van der Waals surface area contributed by atoms with Crippen LogP contribution in [0.25, 0.3) is 0 Å². The summed E-state index contributed by atoms with van der Waals surface area (Å²) in [6.45, 7) is 7.49.